The zero-order valence-electron chi connectivity index (χ0n) is 12.5. The maximum absolute atomic E-state index is 12.1. The number of carbonyl (C=O) groups excluding carboxylic acids is 1. The third kappa shape index (κ3) is 4.16. The van der Waals surface area contributed by atoms with E-state index in [0.717, 1.165) is 24.4 Å². The molecule has 1 aromatic heterocycles. The smallest absolute Gasteiger partial charge is 0.234 e. The van der Waals surface area contributed by atoms with Crippen molar-refractivity contribution in [1.82, 2.24) is 20.2 Å². The summed E-state index contributed by atoms with van der Waals surface area (Å²) in [6.45, 7) is 3.24. The molecule has 5 heteroatoms. The highest BCUT2D eigenvalue weighted by Gasteiger charge is 2.20. The molecular formula is C16H22N4O. The van der Waals surface area contributed by atoms with Crippen LogP contribution < -0.4 is 10.6 Å². The van der Waals surface area contributed by atoms with E-state index in [2.05, 4.69) is 22.5 Å². The zero-order chi connectivity index (χ0) is 15.1. The number of imidazole rings is 1. The van der Waals surface area contributed by atoms with Crippen LogP contribution in [-0.4, -0.2) is 28.5 Å². The molecule has 1 unspecified atom stereocenters. The van der Waals surface area contributed by atoms with Crippen LogP contribution in [0.2, 0.25) is 0 Å². The fourth-order valence-corrected chi connectivity index (χ4v) is 2.19. The lowest BCUT2D eigenvalue weighted by molar-refractivity contribution is -0.120. The van der Waals surface area contributed by atoms with Crippen molar-refractivity contribution in [3.63, 3.8) is 0 Å². The lowest BCUT2D eigenvalue weighted by Crippen LogP contribution is -2.37. The van der Waals surface area contributed by atoms with Crippen LogP contribution in [0.15, 0.2) is 42.7 Å². The van der Waals surface area contributed by atoms with Gasteiger partial charge in [0, 0.05) is 19.4 Å². The van der Waals surface area contributed by atoms with Gasteiger partial charge in [-0.25, -0.2) is 4.98 Å². The van der Waals surface area contributed by atoms with Gasteiger partial charge in [-0.2, -0.15) is 0 Å². The Balaban J connectivity index is 2.14. The minimum Gasteiger partial charge on any atom is -0.341 e. The van der Waals surface area contributed by atoms with E-state index in [0.29, 0.717) is 6.54 Å². The van der Waals surface area contributed by atoms with Gasteiger partial charge >= 0.3 is 0 Å². The molecule has 2 aromatic rings. The largest absolute Gasteiger partial charge is 0.341 e. The van der Waals surface area contributed by atoms with E-state index >= 15 is 0 Å². The van der Waals surface area contributed by atoms with Gasteiger partial charge in [-0.05, 0) is 18.5 Å². The van der Waals surface area contributed by atoms with Crippen molar-refractivity contribution in [2.75, 3.05) is 13.1 Å². The average Bonchev–Trinajstić information content (AvgIpc) is 2.92. The Morgan fingerprint density at radius 1 is 1.33 bits per heavy atom. The molecule has 2 rings (SSSR count). The number of amides is 1. The van der Waals surface area contributed by atoms with E-state index in [1.807, 2.05) is 48.1 Å². The minimum atomic E-state index is -0.234. The van der Waals surface area contributed by atoms with Gasteiger partial charge in [0.05, 0.1) is 6.54 Å². The van der Waals surface area contributed by atoms with Crippen molar-refractivity contribution < 1.29 is 4.79 Å². The lowest BCUT2D eigenvalue weighted by atomic mass is 10.1. The van der Waals surface area contributed by atoms with Crippen LogP contribution in [0, 0.1) is 0 Å². The molecule has 0 saturated carbocycles. The van der Waals surface area contributed by atoms with Crippen LogP contribution >= 0.6 is 0 Å². The summed E-state index contributed by atoms with van der Waals surface area (Å²) in [4.78, 5) is 16.5. The first-order chi connectivity index (χ1) is 10.2. The van der Waals surface area contributed by atoms with E-state index in [1.54, 1.807) is 6.20 Å². The van der Waals surface area contributed by atoms with Gasteiger partial charge in [-0.3, -0.25) is 4.79 Å². The highest BCUT2D eigenvalue weighted by Crippen LogP contribution is 2.19. The quantitative estimate of drug-likeness (QED) is 0.761. The molecule has 1 amide bonds. The highest BCUT2D eigenvalue weighted by molar-refractivity contribution is 5.78. The van der Waals surface area contributed by atoms with Crippen molar-refractivity contribution in [1.29, 1.82) is 0 Å². The van der Waals surface area contributed by atoms with Gasteiger partial charge in [0.25, 0.3) is 0 Å². The number of aryl methyl sites for hydroxylation is 1. The maximum Gasteiger partial charge on any atom is 0.234 e. The molecule has 1 aromatic carbocycles. The second-order valence-corrected chi connectivity index (χ2v) is 4.98. The van der Waals surface area contributed by atoms with Gasteiger partial charge < -0.3 is 15.2 Å². The molecule has 0 radical (unpaired) electrons. The minimum absolute atomic E-state index is 0.0275. The molecule has 0 saturated heterocycles. The molecule has 21 heavy (non-hydrogen) atoms. The van der Waals surface area contributed by atoms with Crippen LogP contribution in [-0.2, 0) is 11.8 Å². The fourth-order valence-electron chi connectivity index (χ4n) is 2.19. The summed E-state index contributed by atoms with van der Waals surface area (Å²) in [7, 11) is 1.93. The van der Waals surface area contributed by atoms with E-state index in [9.17, 15) is 4.79 Å². The zero-order valence-corrected chi connectivity index (χ0v) is 12.5. The lowest BCUT2D eigenvalue weighted by Gasteiger charge is -2.19. The van der Waals surface area contributed by atoms with Gasteiger partial charge in [-0.15, -0.1) is 0 Å². The van der Waals surface area contributed by atoms with E-state index in [4.69, 9.17) is 0 Å². The Morgan fingerprint density at radius 3 is 2.71 bits per heavy atom. The molecule has 2 N–H and O–H groups in total. The predicted molar refractivity (Wildman–Crippen MR) is 82.8 cm³/mol. The number of nitrogens with zero attached hydrogens (tertiary/aromatic N) is 2. The van der Waals surface area contributed by atoms with Crippen LogP contribution in [0.5, 0.6) is 0 Å². The molecular weight excluding hydrogens is 264 g/mol. The molecule has 112 valence electrons. The molecule has 0 bridgehead atoms. The second-order valence-electron chi connectivity index (χ2n) is 4.98. The first-order valence-corrected chi connectivity index (χ1v) is 7.24. The summed E-state index contributed by atoms with van der Waals surface area (Å²) in [5.41, 5.74) is 1.02. The third-order valence-corrected chi connectivity index (χ3v) is 3.27. The fraction of sp³-hybridized carbons (Fsp3) is 0.375. The van der Waals surface area contributed by atoms with Crippen molar-refractivity contribution >= 4 is 5.91 Å². The molecule has 0 aliphatic rings. The van der Waals surface area contributed by atoms with Crippen LogP contribution in [0.1, 0.15) is 30.8 Å². The summed E-state index contributed by atoms with van der Waals surface area (Å²) in [5, 5.41) is 6.16. The molecule has 0 fully saturated rings. The summed E-state index contributed by atoms with van der Waals surface area (Å²) in [6, 6.07) is 9.66. The third-order valence-electron chi connectivity index (χ3n) is 3.27. The Bertz CT molecular complexity index is 565. The van der Waals surface area contributed by atoms with Crippen molar-refractivity contribution in [3.8, 4) is 0 Å². The SMILES string of the molecule is CCCNCC(=O)NC(c1ccccc1)c1nccn1C. The normalized spacial score (nSPS) is 12.1. The van der Waals surface area contributed by atoms with Crippen molar-refractivity contribution in [3.05, 3.63) is 54.1 Å². The van der Waals surface area contributed by atoms with E-state index < -0.39 is 0 Å². The van der Waals surface area contributed by atoms with Crippen LogP contribution in [0.25, 0.3) is 0 Å². The molecule has 0 spiro atoms. The molecule has 1 heterocycles. The molecule has 5 nitrogen and oxygen atoms in total. The van der Waals surface area contributed by atoms with Gasteiger partial charge in [0.15, 0.2) is 0 Å². The van der Waals surface area contributed by atoms with Gasteiger partial charge in [0.1, 0.15) is 11.9 Å². The van der Waals surface area contributed by atoms with Gasteiger partial charge in [-0.1, -0.05) is 37.3 Å². The standard InChI is InChI=1S/C16H22N4O/c1-3-9-17-12-14(21)19-15(13-7-5-4-6-8-13)16-18-10-11-20(16)2/h4-8,10-11,15,17H,3,9,12H2,1-2H3,(H,19,21). The Morgan fingerprint density at radius 2 is 2.10 bits per heavy atom. The first kappa shape index (κ1) is 15.3. The number of hydrogen-bond donors (Lipinski definition) is 2. The predicted octanol–water partition coefficient (Wildman–Crippen LogP) is 1.63. The molecule has 0 aliphatic carbocycles. The first-order valence-electron chi connectivity index (χ1n) is 7.24. The van der Waals surface area contributed by atoms with Crippen molar-refractivity contribution in [2.45, 2.75) is 19.4 Å². The number of benzene rings is 1. The Hall–Kier alpha value is -2.14. The van der Waals surface area contributed by atoms with Crippen LogP contribution in [0.4, 0.5) is 0 Å². The topological polar surface area (TPSA) is 59.0 Å². The molecule has 0 aliphatic heterocycles. The average molecular weight is 286 g/mol. The van der Waals surface area contributed by atoms with Crippen molar-refractivity contribution in [2.24, 2.45) is 7.05 Å². The maximum atomic E-state index is 12.1. The summed E-state index contributed by atoms with van der Waals surface area (Å²) in [5.74, 6) is 0.797. The Labute approximate surface area is 125 Å². The second kappa shape index (κ2) is 7.59. The Kier molecular flexibility index (Phi) is 5.51. The van der Waals surface area contributed by atoms with Gasteiger partial charge in [0.2, 0.25) is 5.91 Å². The monoisotopic (exact) mass is 286 g/mol. The number of hydrogen-bond acceptors (Lipinski definition) is 3. The van der Waals surface area contributed by atoms with E-state index in [-0.39, 0.29) is 11.9 Å². The number of nitrogens with one attached hydrogen (secondary N) is 2. The summed E-state index contributed by atoms with van der Waals surface area (Å²) in [6.07, 6.45) is 4.63. The number of rotatable bonds is 7. The highest BCUT2D eigenvalue weighted by atomic mass is 16.2. The summed E-state index contributed by atoms with van der Waals surface area (Å²) >= 11 is 0. The van der Waals surface area contributed by atoms with Crippen LogP contribution in [0.3, 0.4) is 0 Å². The molecule has 1 atom stereocenters. The summed E-state index contributed by atoms with van der Waals surface area (Å²) < 4.78 is 1.93. The number of carbonyl (C=O) groups is 1. The number of aromatic nitrogens is 2. The van der Waals surface area contributed by atoms with E-state index in [1.165, 1.54) is 0 Å².